The molecule has 3 nitrogen and oxygen atoms in total. The zero-order valence-corrected chi connectivity index (χ0v) is 9.64. The van der Waals surface area contributed by atoms with Crippen molar-refractivity contribution in [2.24, 2.45) is 5.73 Å². The average molecular weight is 256 g/mol. The van der Waals surface area contributed by atoms with Gasteiger partial charge in [-0.1, -0.05) is 0 Å². The highest BCUT2D eigenvalue weighted by atomic mass is 32.2. The molecule has 0 saturated carbocycles. The molecular formula is C11H10F2N2OS. The number of oxazole rings is 1. The second kappa shape index (κ2) is 5.29. The molecule has 2 aromatic rings. The zero-order chi connectivity index (χ0) is 12.3. The molecule has 1 aromatic carbocycles. The van der Waals surface area contributed by atoms with E-state index in [2.05, 4.69) is 4.98 Å². The van der Waals surface area contributed by atoms with E-state index >= 15 is 0 Å². The summed E-state index contributed by atoms with van der Waals surface area (Å²) in [6, 6.07) is 2.56. The highest BCUT2D eigenvalue weighted by Crippen LogP contribution is 2.31. The number of hydrogen-bond donors (Lipinski definition) is 1. The molecule has 17 heavy (non-hydrogen) atoms. The Labute approximate surface area is 101 Å². The zero-order valence-electron chi connectivity index (χ0n) is 8.82. The molecule has 0 unspecified atom stereocenters. The Morgan fingerprint density at radius 3 is 2.53 bits per heavy atom. The third-order valence-electron chi connectivity index (χ3n) is 2.09. The molecule has 6 heteroatoms. The Hall–Kier alpha value is -1.40. The van der Waals surface area contributed by atoms with Crippen molar-refractivity contribution in [3.05, 3.63) is 41.8 Å². The first kappa shape index (κ1) is 12.1. The Bertz CT molecular complexity index is 479. The van der Waals surface area contributed by atoms with E-state index in [-0.39, 0.29) is 10.1 Å². The summed E-state index contributed by atoms with van der Waals surface area (Å²) in [6.07, 6.45) is 3.21. The average Bonchev–Trinajstić information content (AvgIpc) is 2.76. The first-order valence-corrected chi connectivity index (χ1v) is 5.77. The predicted octanol–water partition coefficient (Wildman–Crippen LogP) is 2.61. The number of aromatic nitrogens is 1. The number of nitrogens with two attached hydrogens (primary N) is 1. The number of rotatable bonds is 4. The fraction of sp³-hybridized carbons (Fsp3) is 0.182. The molecule has 2 N–H and O–H groups in total. The van der Waals surface area contributed by atoms with Crippen molar-refractivity contribution >= 4 is 11.8 Å². The van der Waals surface area contributed by atoms with Gasteiger partial charge in [-0.05, 0) is 42.4 Å². The number of benzene rings is 1. The Balaban J connectivity index is 2.28. The number of halogens is 2. The molecule has 0 aliphatic rings. The minimum atomic E-state index is -0.628. The summed E-state index contributed by atoms with van der Waals surface area (Å²) in [7, 11) is 0. The van der Waals surface area contributed by atoms with Crippen LogP contribution in [0.4, 0.5) is 8.78 Å². The van der Waals surface area contributed by atoms with Crippen LogP contribution in [0.3, 0.4) is 0 Å². The lowest BCUT2D eigenvalue weighted by atomic mass is 10.1. The summed E-state index contributed by atoms with van der Waals surface area (Å²) in [5.41, 5.74) is 5.87. The van der Waals surface area contributed by atoms with Gasteiger partial charge >= 0.3 is 0 Å². The summed E-state index contributed by atoms with van der Waals surface area (Å²) in [5, 5.41) is 0.203. The van der Waals surface area contributed by atoms with E-state index in [1.54, 1.807) is 0 Å². The topological polar surface area (TPSA) is 52.0 Å². The highest BCUT2D eigenvalue weighted by Gasteiger charge is 2.14. The fourth-order valence-electron chi connectivity index (χ4n) is 1.37. The van der Waals surface area contributed by atoms with Crippen LogP contribution in [0.15, 0.2) is 39.1 Å². The van der Waals surface area contributed by atoms with Crippen LogP contribution in [-0.2, 0) is 6.42 Å². The molecule has 0 saturated heterocycles. The molecule has 1 heterocycles. The molecule has 90 valence electrons. The van der Waals surface area contributed by atoms with Crippen LogP contribution in [-0.4, -0.2) is 11.5 Å². The van der Waals surface area contributed by atoms with Gasteiger partial charge in [-0.2, -0.15) is 0 Å². The molecule has 0 aliphatic carbocycles. The summed E-state index contributed by atoms with van der Waals surface area (Å²) in [6.45, 7) is 0.352. The third kappa shape index (κ3) is 2.83. The second-order valence-corrected chi connectivity index (χ2v) is 4.29. The lowest BCUT2D eigenvalue weighted by molar-refractivity contribution is 0.452. The summed E-state index contributed by atoms with van der Waals surface area (Å²) in [4.78, 5) is 3.68. The fourth-order valence-corrected chi connectivity index (χ4v) is 2.07. The maximum absolute atomic E-state index is 13.7. The summed E-state index contributed by atoms with van der Waals surface area (Å²) >= 11 is 0.815. The molecule has 0 amide bonds. The van der Waals surface area contributed by atoms with E-state index in [0.717, 1.165) is 11.8 Å². The van der Waals surface area contributed by atoms with Gasteiger partial charge in [0, 0.05) is 0 Å². The molecule has 0 bridgehead atoms. The third-order valence-corrected chi connectivity index (χ3v) is 3.06. The van der Waals surface area contributed by atoms with Crippen LogP contribution in [0.5, 0.6) is 0 Å². The van der Waals surface area contributed by atoms with Crippen molar-refractivity contribution in [2.75, 3.05) is 6.54 Å². The Morgan fingerprint density at radius 2 is 2.00 bits per heavy atom. The molecule has 0 spiro atoms. The quantitative estimate of drug-likeness (QED) is 0.913. The van der Waals surface area contributed by atoms with Crippen molar-refractivity contribution in [3.63, 3.8) is 0 Å². The predicted molar refractivity (Wildman–Crippen MR) is 59.7 cm³/mol. The van der Waals surface area contributed by atoms with Crippen LogP contribution >= 0.6 is 11.8 Å². The molecule has 0 atom stereocenters. The molecule has 1 aromatic heterocycles. The lowest BCUT2D eigenvalue weighted by Crippen LogP contribution is -2.04. The van der Waals surface area contributed by atoms with Crippen molar-refractivity contribution in [1.29, 1.82) is 0 Å². The van der Waals surface area contributed by atoms with Crippen LogP contribution in [0, 0.1) is 11.6 Å². The minimum absolute atomic E-state index is 0.117. The highest BCUT2D eigenvalue weighted by molar-refractivity contribution is 7.99. The van der Waals surface area contributed by atoms with Gasteiger partial charge in [-0.25, -0.2) is 13.8 Å². The smallest absolute Gasteiger partial charge is 0.260 e. The van der Waals surface area contributed by atoms with E-state index in [4.69, 9.17) is 10.2 Å². The van der Waals surface area contributed by atoms with Crippen LogP contribution in [0.25, 0.3) is 0 Å². The molecular weight excluding hydrogens is 246 g/mol. The van der Waals surface area contributed by atoms with E-state index in [1.807, 2.05) is 0 Å². The standard InChI is InChI=1S/C11H10F2N2OS/c12-8-5-7(1-2-14)6-9(13)10(8)17-11-15-3-4-16-11/h3-6H,1-2,14H2. The monoisotopic (exact) mass is 256 g/mol. The number of nitrogens with zero attached hydrogens (tertiary/aromatic N) is 1. The van der Waals surface area contributed by atoms with Gasteiger partial charge in [0.1, 0.15) is 17.9 Å². The first-order valence-electron chi connectivity index (χ1n) is 4.96. The Kier molecular flexibility index (Phi) is 3.75. The molecule has 2 rings (SSSR count). The van der Waals surface area contributed by atoms with Crippen LogP contribution < -0.4 is 5.73 Å². The number of hydrogen-bond acceptors (Lipinski definition) is 4. The van der Waals surface area contributed by atoms with Crippen molar-refractivity contribution in [1.82, 2.24) is 4.98 Å². The van der Waals surface area contributed by atoms with Crippen LogP contribution in [0.2, 0.25) is 0 Å². The van der Waals surface area contributed by atoms with E-state index < -0.39 is 11.6 Å². The molecule has 0 fully saturated rings. The van der Waals surface area contributed by atoms with Crippen molar-refractivity contribution < 1.29 is 13.2 Å². The van der Waals surface area contributed by atoms with Crippen molar-refractivity contribution in [2.45, 2.75) is 16.5 Å². The second-order valence-electron chi connectivity index (χ2n) is 3.33. The Morgan fingerprint density at radius 1 is 1.29 bits per heavy atom. The van der Waals surface area contributed by atoms with Gasteiger partial charge in [-0.15, -0.1) is 0 Å². The van der Waals surface area contributed by atoms with Gasteiger partial charge in [0.05, 0.1) is 11.1 Å². The van der Waals surface area contributed by atoms with Gasteiger partial charge < -0.3 is 10.2 Å². The van der Waals surface area contributed by atoms with Crippen LogP contribution in [0.1, 0.15) is 5.56 Å². The normalized spacial score (nSPS) is 10.8. The molecule has 0 radical (unpaired) electrons. The van der Waals surface area contributed by atoms with E-state index in [0.29, 0.717) is 18.5 Å². The van der Waals surface area contributed by atoms with E-state index in [1.165, 1.54) is 24.6 Å². The maximum atomic E-state index is 13.7. The van der Waals surface area contributed by atoms with Gasteiger partial charge in [0.25, 0.3) is 5.22 Å². The van der Waals surface area contributed by atoms with E-state index in [9.17, 15) is 8.78 Å². The lowest BCUT2D eigenvalue weighted by Gasteiger charge is -2.05. The largest absolute Gasteiger partial charge is 0.440 e. The van der Waals surface area contributed by atoms with Crippen molar-refractivity contribution in [3.8, 4) is 0 Å². The van der Waals surface area contributed by atoms with Gasteiger partial charge in [-0.3, -0.25) is 0 Å². The SMILES string of the molecule is NCCc1cc(F)c(Sc2ncco2)c(F)c1. The molecule has 0 aliphatic heterocycles. The van der Waals surface area contributed by atoms with Gasteiger partial charge in [0.15, 0.2) is 0 Å². The minimum Gasteiger partial charge on any atom is -0.440 e. The summed E-state index contributed by atoms with van der Waals surface area (Å²) < 4.78 is 32.2. The summed E-state index contributed by atoms with van der Waals surface area (Å²) in [5.74, 6) is -1.26. The van der Waals surface area contributed by atoms with Gasteiger partial charge in [0.2, 0.25) is 0 Å². The maximum Gasteiger partial charge on any atom is 0.260 e. The first-order chi connectivity index (χ1) is 8.20.